The van der Waals surface area contributed by atoms with Crippen LogP contribution >= 0.6 is 23.1 Å². The van der Waals surface area contributed by atoms with Crippen LogP contribution in [-0.4, -0.2) is 29.7 Å². The minimum Gasteiger partial charge on any atom is -0.387 e. The summed E-state index contributed by atoms with van der Waals surface area (Å²) >= 11 is 2.94. The molecular weight excluding hydrogens is 320 g/mol. The molecule has 0 aliphatic carbocycles. The lowest BCUT2D eigenvalue weighted by molar-refractivity contribution is -0.136. The Morgan fingerprint density at radius 3 is 2.73 bits per heavy atom. The molecule has 0 fully saturated rings. The highest BCUT2D eigenvalue weighted by Gasteiger charge is 2.17. The lowest BCUT2D eigenvalue weighted by Gasteiger charge is -2.11. The van der Waals surface area contributed by atoms with Gasteiger partial charge in [0.15, 0.2) is 0 Å². The number of anilines is 1. The standard InChI is InChI=1S/C15H16N2O3S2/c1-21-13-5-3-2-4-11(13)17-15(20)14(19)16-8-12(18)10-6-7-22-9-10/h2-7,9,12,18H,8H2,1H3,(H,16,19)(H,17,20)/t12-/m1/s1. The highest BCUT2D eigenvalue weighted by atomic mass is 32.2. The van der Waals surface area contributed by atoms with Crippen LogP contribution in [0.25, 0.3) is 0 Å². The second-order valence-corrected chi connectivity index (χ2v) is 6.07. The van der Waals surface area contributed by atoms with Crippen molar-refractivity contribution in [2.24, 2.45) is 0 Å². The molecule has 3 N–H and O–H groups in total. The number of aliphatic hydroxyl groups excluding tert-OH is 1. The Morgan fingerprint density at radius 1 is 1.27 bits per heavy atom. The van der Waals surface area contributed by atoms with Gasteiger partial charge in [-0.1, -0.05) is 12.1 Å². The fraction of sp³-hybridized carbons (Fsp3) is 0.200. The number of hydrogen-bond acceptors (Lipinski definition) is 5. The van der Waals surface area contributed by atoms with Crippen LogP contribution in [0.1, 0.15) is 11.7 Å². The molecule has 1 aromatic carbocycles. The summed E-state index contributed by atoms with van der Waals surface area (Å²) in [5.74, 6) is -1.52. The maximum absolute atomic E-state index is 11.9. The number of thioether (sulfide) groups is 1. The number of benzene rings is 1. The third-order valence-corrected chi connectivity index (χ3v) is 4.44. The molecule has 1 atom stereocenters. The zero-order valence-corrected chi connectivity index (χ0v) is 13.5. The first-order chi connectivity index (χ1) is 10.6. The molecule has 1 heterocycles. The molecule has 0 saturated heterocycles. The van der Waals surface area contributed by atoms with E-state index in [1.54, 1.807) is 23.6 Å². The maximum atomic E-state index is 11.9. The molecule has 0 aliphatic rings. The molecule has 2 aromatic rings. The predicted molar refractivity (Wildman–Crippen MR) is 89.1 cm³/mol. The zero-order chi connectivity index (χ0) is 15.9. The van der Waals surface area contributed by atoms with Crippen LogP contribution in [0, 0.1) is 0 Å². The normalized spacial score (nSPS) is 11.7. The number of amides is 2. The van der Waals surface area contributed by atoms with Gasteiger partial charge >= 0.3 is 11.8 Å². The van der Waals surface area contributed by atoms with Gasteiger partial charge in [0.2, 0.25) is 0 Å². The second-order valence-electron chi connectivity index (χ2n) is 4.44. The van der Waals surface area contributed by atoms with Crippen LogP contribution in [0.2, 0.25) is 0 Å². The van der Waals surface area contributed by atoms with Crippen LogP contribution in [0.3, 0.4) is 0 Å². The van der Waals surface area contributed by atoms with Crippen LogP contribution < -0.4 is 10.6 Å². The smallest absolute Gasteiger partial charge is 0.313 e. The summed E-state index contributed by atoms with van der Waals surface area (Å²) in [6, 6.07) is 9.01. The molecule has 2 amide bonds. The Hall–Kier alpha value is -1.83. The van der Waals surface area contributed by atoms with E-state index in [1.807, 2.05) is 23.8 Å². The lowest BCUT2D eigenvalue weighted by atomic mass is 10.2. The molecule has 1 aromatic heterocycles. The molecule has 0 radical (unpaired) electrons. The molecule has 0 aliphatic heterocycles. The summed E-state index contributed by atoms with van der Waals surface area (Å²) in [7, 11) is 0. The van der Waals surface area contributed by atoms with E-state index in [2.05, 4.69) is 10.6 Å². The van der Waals surface area contributed by atoms with Crippen LogP contribution in [0.4, 0.5) is 5.69 Å². The molecule has 0 spiro atoms. The molecule has 116 valence electrons. The van der Waals surface area contributed by atoms with Crippen molar-refractivity contribution in [2.45, 2.75) is 11.0 Å². The van der Waals surface area contributed by atoms with Crippen molar-refractivity contribution in [3.05, 3.63) is 46.7 Å². The van der Waals surface area contributed by atoms with Crippen molar-refractivity contribution < 1.29 is 14.7 Å². The first-order valence-electron chi connectivity index (χ1n) is 6.54. The maximum Gasteiger partial charge on any atom is 0.313 e. The highest BCUT2D eigenvalue weighted by molar-refractivity contribution is 7.98. The van der Waals surface area contributed by atoms with Crippen LogP contribution in [-0.2, 0) is 9.59 Å². The topological polar surface area (TPSA) is 78.4 Å². The van der Waals surface area contributed by atoms with E-state index in [0.29, 0.717) is 5.69 Å². The number of carbonyl (C=O) groups is 2. The number of para-hydroxylation sites is 1. The molecule has 7 heteroatoms. The van der Waals surface area contributed by atoms with E-state index in [1.165, 1.54) is 23.1 Å². The van der Waals surface area contributed by atoms with E-state index >= 15 is 0 Å². The van der Waals surface area contributed by atoms with Gasteiger partial charge in [-0.2, -0.15) is 11.3 Å². The van der Waals surface area contributed by atoms with Gasteiger partial charge < -0.3 is 15.7 Å². The third kappa shape index (κ3) is 4.33. The van der Waals surface area contributed by atoms with Gasteiger partial charge in [-0.15, -0.1) is 11.8 Å². The van der Waals surface area contributed by atoms with Gasteiger partial charge in [0.05, 0.1) is 11.8 Å². The molecule has 0 bridgehead atoms. The molecule has 5 nitrogen and oxygen atoms in total. The fourth-order valence-corrected chi connectivity index (χ4v) is 3.04. The molecule has 22 heavy (non-hydrogen) atoms. The number of rotatable bonds is 5. The quantitative estimate of drug-likeness (QED) is 0.578. The first kappa shape index (κ1) is 16.5. The van der Waals surface area contributed by atoms with Gasteiger partial charge in [0, 0.05) is 11.4 Å². The van der Waals surface area contributed by atoms with Crippen LogP contribution in [0.15, 0.2) is 46.0 Å². The fourth-order valence-electron chi connectivity index (χ4n) is 1.78. The van der Waals surface area contributed by atoms with E-state index in [-0.39, 0.29) is 6.54 Å². The molecule has 0 unspecified atom stereocenters. The van der Waals surface area contributed by atoms with Crippen LogP contribution in [0.5, 0.6) is 0 Å². The predicted octanol–water partition coefficient (Wildman–Crippen LogP) is 2.26. The van der Waals surface area contributed by atoms with Crippen molar-refractivity contribution >= 4 is 40.6 Å². The van der Waals surface area contributed by atoms with Gasteiger partial charge in [-0.3, -0.25) is 9.59 Å². The van der Waals surface area contributed by atoms with E-state index in [9.17, 15) is 14.7 Å². The van der Waals surface area contributed by atoms with Gasteiger partial charge in [0.25, 0.3) is 0 Å². The van der Waals surface area contributed by atoms with Crippen molar-refractivity contribution in [3.63, 3.8) is 0 Å². The SMILES string of the molecule is CSc1ccccc1NC(=O)C(=O)NC[C@@H](O)c1ccsc1. The number of thiophene rings is 1. The largest absolute Gasteiger partial charge is 0.387 e. The summed E-state index contributed by atoms with van der Waals surface area (Å²) in [5.41, 5.74) is 1.31. The Morgan fingerprint density at radius 2 is 2.05 bits per heavy atom. The Bertz CT molecular complexity index is 644. The van der Waals surface area contributed by atoms with Crippen molar-refractivity contribution in [2.75, 3.05) is 18.1 Å². The first-order valence-corrected chi connectivity index (χ1v) is 8.71. The van der Waals surface area contributed by atoms with E-state index in [4.69, 9.17) is 0 Å². The lowest BCUT2D eigenvalue weighted by Crippen LogP contribution is -2.37. The summed E-state index contributed by atoms with van der Waals surface area (Å²) < 4.78 is 0. The Labute approximate surface area is 136 Å². The van der Waals surface area contributed by atoms with E-state index < -0.39 is 17.9 Å². The third-order valence-electron chi connectivity index (χ3n) is 2.95. The average Bonchev–Trinajstić information content (AvgIpc) is 3.07. The van der Waals surface area contributed by atoms with Crippen molar-refractivity contribution in [3.8, 4) is 0 Å². The Balaban J connectivity index is 1.88. The average molecular weight is 336 g/mol. The number of aliphatic hydroxyl groups is 1. The van der Waals surface area contributed by atoms with Gasteiger partial charge in [0.1, 0.15) is 0 Å². The second kappa shape index (κ2) is 7.98. The molecular formula is C15H16N2O3S2. The number of nitrogens with one attached hydrogen (secondary N) is 2. The minimum absolute atomic E-state index is 0.00678. The number of hydrogen-bond donors (Lipinski definition) is 3. The highest BCUT2D eigenvalue weighted by Crippen LogP contribution is 2.24. The zero-order valence-electron chi connectivity index (χ0n) is 11.9. The monoisotopic (exact) mass is 336 g/mol. The molecule has 2 rings (SSSR count). The number of carbonyl (C=O) groups excluding carboxylic acids is 2. The molecule has 0 saturated carbocycles. The summed E-state index contributed by atoms with van der Waals surface area (Å²) in [5, 5.41) is 18.5. The minimum atomic E-state index is -0.818. The summed E-state index contributed by atoms with van der Waals surface area (Å²) in [4.78, 5) is 24.5. The Kier molecular flexibility index (Phi) is 6.00. The van der Waals surface area contributed by atoms with Crippen molar-refractivity contribution in [1.82, 2.24) is 5.32 Å². The van der Waals surface area contributed by atoms with E-state index in [0.717, 1.165) is 10.5 Å². The van der Waals surface area contributed by atoms with Gasteiger partial charge in [-0.25, -0.2) is 0 Å². The summed E-state index contributed by atoms with van der Waals surface area (Å²) in [6.07, 6.45) is 1.07. The summed E-state index contributed by atoms with van der Waals surface area (Å²) in [6.45, 7) is -0.00678. The van der Waals surface area contributed by atoms with Crippen molar-refractivity contribution in [1.29, 1.82) is 0 Å². The van der Waals surface area contributed by atoms with Gasteiger partial charge in [-0.05, 0) is 40.8 Å².